The quantitative estimate of drug-likeness (QED) is 0.665. The van der Waals surface area contributed by atoms with Gasteiger partial charge in [-0.1, -0.05) is 0 Å². The highest BCUT2D eigenvalue weighted by Crippen LogP contribution is 2.23. The molecule has 80 valence electrons. The number of aryl methyl sites for hydroxylation is 1. The molecule has 0 spiro atoms. The van der Waals surface area contributed by atoms with Crippen LogP contribution in [-0.4, -0.2) is 14.8 Å². The molecule has 0 atom stereocenters. The summed E-state index contributed by atoms with van der Waals surface area (Å²) in [7, 11) is 1.87. The first-order chi connectivity index (χ1) is 7.72. The van der Waals surface area contributed by atoms with Gasteiger partial charge in [0.1, 0.15) is 11.5 Å². The van der Waals surface area contributed by atoms with Crippen molar-refractivity contribution in [2.24, 2.45) is 7.05 Å². The van der Waals surface area contributed by atoms with E-state index in [9.17, 15) is 4.39 Å². The Morgan fingerprint density at radius 3 is 2.88 bits per heavy atom. The van der Waals surface area contributed by atoms with Crippen LogP contribution < -0.4 is 0 Å². The fourth-order valence-electron chi connectivity index (χ4n) is 1.80. The van der Waals surface area contributed by atoms with Crippen molar-refractivity contribution in [2.75, 3.05) is 0 Å². The van der Waals surface area contributed by atoms with Crippen LogP contribution >= 0.6 is 0 Å². The zero-order valence-corrected chi connectivity index (χ0v) is 8.74. The summed E-state index contributed by atoms with van der Waals surface area (Å²) in [6, 6.07) is 8.51. The van der Waals surface area contributed by atoms with Gasteiger partial charge in [-0.2, -0.15) is 5.10 Å². The minimum Gasteiger partial charge on any atom is -0.353 e. The number of nitrogens with zero attached hydrogens (tertiary/aromatic N) is 2. The predicted molar refractivity (Wildman–Crippen MR) is 60.5 cm³/mol. The van der Waals surface area contributed by atoms with Gasteiger partial charge < -0.3 is 4.98 Å². The Morgan fingerprint density at radius 2 is 2.12 bits per heavy atom. The van der Waals surface area contributed by atoms with Gasteiger partial charge in [0, 0.05) is 24.1 Å². The number of halogens is 1. The molecule has 4 heteroatoms. The van der Waals surface area contributed by atoms with Crippen LogP contribution in [0.2, 0.25) is 0 Å². The molecule has 0 aliphatic rings. The van der Waals surface area contributed by atoms with E-state index in [1.165, 1.54) is 12.1 Å². The predicted octanol–water partition coefficient (Wildman–Crippen LogP) is 2.71. The number of nitrogens with one attached hydrogen (secondary N) is 1. The van der Waals surface area contributed by atoms with Crippen LogP contribution in [0.3, 0.4) is 0 Å². The van der Waals surface area contributed by atoms with Gasteiger partial charge in [-0.15, -0.1) is 0 Å². The van der Waals surface area contributed by atoms with Gasteiger partial charge in [-0.05, 0) is 30.3 Å². The minimum atomic E-state index is -0.223. The third kappa shape index (κ3) is 1.39. The molecule has 0 fully saturated rings. The van der Waals surface area contributed by atoms with Crippen molar-refractivity contribution in [1.29, 1.82) is 0 Å². The SMILES string of the molecule is Cn1ccc(-c2cc3cc(F)ccc3[nH]2)n1. The lowest BCUT2D eigenvalue weighted by molar-refractivity contribution is 0.630. The lowest BCUT2D eigenvalue weighted by Crippen LogP contribution is -1.87. The van der Waals surface area contributed by atoms with E-state index in [1.807, 2.05) is 25.4 Å². The Kier molecular flexibility index (Phi) is 1.83. The Hall–Kier alpha value is -2.10. The van der Waals surface area contributed by atoms with Crippen molar-refractivity contribution in [1.82, 2.24) is 14.8 Å². The van der Waals surface area contributed by atoms with Crippen LogP contribution in [0.5, 0.6) is 0 Å². The second kappa shape index (κ2) is 3.20. The van der Waals surface area contributed by atoms with E-state index >= 15 is 0 Å². The van der Waals surface area contributed by atoms with Crippen molar-refractivity contribution < 1.29 is 4.39 Å². The molecule has 0 unspecified atom stereocenters. The summed E-state index contributed by atoms with van der Waals surface area (Å²) in [5, 5.41) is 5.15. The summed E-state index contributed by atoms with van der Waals surface area (Å²) >= 11 is 0. The molecule has 0 amide bonds. The average Bonchev–Trinajstić information content (AvgIpc) is 2.83. The molecule has 1 aromatic carbocycles. The van der Waals surface area contributed by atoms with Gasteiger partial charge in [0.15, 0.2) is 0 Å². The fourth-order valence-corrected chi connectivity index (χ4v) is 1.80. The maximum Gasteiger partial charge on any atom is 0.123 e. The summed E-state index contributed by atoms with van der Waals surface area (Å²) < 4.78 is 14.8. The normalized spacial score (nSPS) is 11.1. The number of rotatable bonds is 1. The third-order valence-electron chi connectivity index (χ3n) is 2.57. The fraction of sp³-hybridized carbons (Fsp3) is 0.0833. The van der Waals surface area contributed by atoms with Crippen molar-refractivity contribution >= 4 is 10.9 Å². The Labute approximate surface area is 91.5 Å². The second-order valence-electron chi connectivity index (χ2n) is 3.79. The van der Waals surface area contributed by atoms with Crippen molar-refractivity contribution in [3.63, 3.8) is 0 Å². The first kappa shape index (κ1) is 9.15. The van der Waals surface area contributed by atoms with Crippen LogP contribution in [-0.2, 0) is 7.05 Å². The maximum absolute atomic E-state index is 13.0. The highest BCUT2D eigenvalue weighted by atomic mass is 19.1. The molecule has 0 radical (unpaired) electrons. The lowest BCUT2D eigenvalue weighted by atomic mass is 10.2. The first-order valence-corrected chi connectivity index (χ1v) is 5.01. The molecule has 1 N–H and O–H groups in total. The zero-order chi connectivity index (χ0) is 11.1. The van der Waals surface area contributed by atoms with Crippen molar-refractivity contribution in [2.45, 2.75) is 0 Å². The zero-order valence-electron chi connectivity index (χ0n) is 8.74. The smallest absolute Gasteiger partial charge is 0.123 e. The van der Waals surface area contributed by atoms with E-state index in [1.54, 1.807) is 10.7 Å². The molecular formula is C12H10FN3. The molecule has 2 aromatic heterocycles. The number of hydrogen-bond donors (Lipinski definition) is 1. The van der Waals surface area contributed by atoms with Crippen LogP contribution in [0.4, 0.5) is 4.39 Å². The molecule has 16 heavy (non-hydrogen) atoms. The number of benzene rings is 1. The van der Waals surface area contributed by atoms with Gasteiger partial charge in [-0.3, -0.25) is 4.68 Å². The molecule has 2 heterocycles. The van der Waals surface area contributed by atoms with E-state index < -0.39 is 0 Å². The van der Waals surface area contributed by atoms with E-state index in [-0.39, 0.29) is 5.82 Å². The highest BCUT2D eigenvalue weighted by Gasteiger charge is 2.06. The van der Waals surface area contributed by atoms with Gasteiger partial charge >= 0.3 is 0 Å². The van der Waals surface area contributed by atoms with E-state index in [0.717, 1.165) is 22.3 Å². The molecule has 3 rings (SSSR count). The Bertz CT molecular complexity index is 651. The van der Waals surface area contributed by atoms with Gasteiger partial charge in [0.25, 0.3) is 0 Å². The molecule has 0 saturated heterocycles. The summed E-state index contributed by atoms with van der Waals surface area (Å²) in [6.07, 6.45) is 1.88. The van der Waals surface area contributed by atoms with Crippen molar-refractivity contribution in [3.8, 4) is 11.4 Å². The minimum absolute atomic E-state index is 0.223. The van der Waals surface area contributed by atoms with Crippen LogP contribution in [0.1, 0.15) is 0 Å². The molecule has 3 nitrogen and oxygen atoms in total. The third-order valence-corrected chi connectivity index (χ3v) is 2.57. The monoisotopic (exact) mass is 215 g/mol. The molecule has 0 saturated carbocycles. The van der Waals surface area contributed by atoms with Gasteiger partial charge in [0.2, 0.25) is 0 Å². The van der Waals surface area contributed by atoms with Crippen LogP contribution in [0.25, 0.3) is 22.3 Å². The lowest BCUT2D eigenvalue weighted by Gasteiger charge is -1.89. The Morgan fingerprint density at radius 1 is 1.25 bits per heavy atom. The molecule has 0 bridgehead atoms. The van der Waals surface area contributed by atoms with Gasteiger partial charge in [-0.25, -0.2) is 4.39 Å². The number of H-pyrrole nitrogens is 1. The summed E-state index contributed by atoms with van der Waals surface area (Å²) in [6.45, 7) is 0. The summed E-state index contributed by atoms with van der Waals surface area (Å²) in [4.78, 5) is 3.21. The van der Waals surface area contributed by atoms with Gasteiger partial charge in [0.05, 0.1) is 5.69 Å². The Balaban J connectivity index is 2.18. The second-order valence-corrected chi connectivity index (χ2v) is 3.79. The first-order valence-electron chi connectivity index (χ1n) is 5.01. The molecular weight excluding hydrogens is 205 g/mol. The molecule has 0 aliphatic carbocycles. The number of aromatic nitrogens is 3. The largest absolute Gasteiger partial charge is 0.353 e. The standard InChI is InChI=1S/C12H10FN3/c1-16-5-4-11(15-16)12-7-8-6-9(13)2-3-10(8)14-12/h2-7,14H,1H3. The van der Waals surface area contributed by atoms with E-state index in [4.69, 9.17) is 0 Å². The number of hydrogen-bond acceptors (Lipinski definition) is 1. The summed E-state index contributed by atoms with van der Waals surface area (Å²) in [5.41, 5.74) is 2.68. The van der Waals surface area contributed by atoms with Crippen LogP contribution in [0, 0.1) is 5.82 Å². The maximum atomic E-state index is 13.0. The van der Waals surface area contributed by atoms with E-state index in [0.29, 0.717) is 0 Å². The topological polar surface area (TPSA) is 33.6 Å². The van der Waals surface area contributed by atoms with Crippen molar-refractivity contribution in [3.05, 3.63) is 42.3 Å². The summed E-state index contributed by atoms with van der Waals surface area (Å²) in [5.74, 6) is -0.223. The van der Waals surface area contributed by atoms with Crippen LogP contribution in [0.15, 0.2) is 36.5 Å². The number of fused-ring (bicyclic) bond motifs is 1. The van der Waals surface area contributed by atoms with E-state index in [2.05, 4.69) is 10.1 Å². The molecule has 0 aliphatic heterocycles. The number of aromatic amines is 1. The average molecular weight is 215 g/mol. The highest BCUT2D eigenvalue weighted by molar-refractivity contribution is 5.85. The molecule has 3 aromatic rings.